The lowest BCUT2D eigenvalue weighted by Crippen LogP contribution is -2.33. The average Bonchev–Trinajstić information content (AvgIpc) is 2.72. The molecule has 2 atom stereocenters. The third-order valence-electron chi connectivity index (χ3n) is 3.62. The maximum atomic E-state index is 12.3. The van der Waals surface area contributed by atoms with Crippen molar-refractivity contribution in [3.63, 3.8) is 0 Å². The predicted molar refractivity (Wildman–Crippen MR) is 82.1 cm³/mol. The van der Waals surface area contributed by atoms with Crippen LogP contribution in [0.5, 0.6) is 0 Å². The molecule has 8 heteroatoms. The Morgan fingerprint density at radius 1 is 1.33 bits per heavy atom. The van der Waals surface area contributed by atoms with E-state index in [4.69, 9.17) is 28.3 Å². The van der Waals surface area contributed by atoms with E-state index >= 15 is 0 Å². The van der Waals surface area contributed by atoms with E-state index in [0.29, 0.717) is 5.92 Å². The highest BCUT2D eigenvalue weighted by Gasteiger charge is 2.27. The van der Waals surface area contributed by atoms with Crippen LogP contribution in [0.15, 0.2) is 17.0 Å². The van der Waals surface area contributed by atoms with E-state index in [0.717, 1.165) is 19.3 Å². The maximum absolute atomic E-state index is 12.3. The van der Waals surface area contributed by atoms with Gasteiger partial charge >= 0.3 is 0 Å². The Morgan fingerprint density at radius 3 is 2.52 bits per heavy atom. The molecule has 2 unspecified atom stereocenters. The number of benzene rings is 1. The molecule has 0 aromatic heterocycles. The van der Waals surface area contributed by atoms with Gasteiger partial charge in [0.05, 0.1) is 15.6 Å². The Labute approximate surface area is 133 Å². The number of sulfonamides is 1. The SMILES string of the molecule is CC1CCC(NC(=O)c2c(Cl)ccc(S(N)(=O)=O)c2Cl)C1. The van der Waals surface area contributed by atoms with E-state index in [1.807, 2.05) is 0 Å². The van der Waals surface area contributed by atoms with E-state index in [1.165, 1.54) is 12.1 Å². The molecule has 1 amide bonds. The number of nitrogens with one attached hydrogen (secondary N) is 1. The second-order valence-corrected chi connectivity index (χ2v) is 7.68. The van der Waals surface area contributed by atoms with Crippen LogP contribution >= 0.6 is 23.2 Å². The summed E-state index contributed by atoms with van der Waals surface area (Å²) in [6, 6.07) is 2.55. The van der Waals surface area contributed by atoms with Crippen molar-refractivity contribution >= 4 is 39.1 Å². The fourth-order valence-corrected chi connectivity index (χ4v) is 4.03. The van der Waals surface area contributed by atoms with Crippen LogP contribution in [0.2, 0.25) is 10.0 Å². The summed E-state index contributed by atoms with van der Waals surface area (Å²) in [4.78, 5) is 12.0. The number of carbonyl (C=O) groups is 1. The summed E-state index contributed by atoms with van der Waals surface area (Å²) in [5.74, 6) is 0.0756. The molecular formula is C13H16Cl2N2O3S. The molecule has 5 nitrogen and oxygen atoms in total. The highest BCUT2D eigenvalue weighted by molar-refractivity contribution is 7.89. The smallest absolute Gasteiger partial charge is 0.254 e. The molecule has 21 heavy (non-hydrogen) atoms. The van der Waals surface area contributed by atoms with Gasteiger partial charge in [0.25, 0.3) is 5.91 Å². The van der Waals surface area contributed by atoms with Gasteiger partial charge in [-0.1, -0.05) is 30.1 Å². The summed E-state index contributed by atoms with van der Waals surface area (Å²) in [5.41, 5.74) is -0.0515. The monoisotopic (exact) mass is 350 g/mol. The summed E-state index contributed by atoms with van der Waals surface area (Å²) < 4.78 is 22.9. The van der Waals surface area contributed by atoms with Gasteiger partial charge in [0.2, 0.25) is 10.0 Å². The third kappa shape index (κ3) is 3.69. The number of hydrogen-bond acceptors (Lipinski definition) is 3. The lowest BCUT2D eigenvalue weighted by Gasteiger charge is -2.15. The molecule has 116 valence electrons. The number of hydrogen-bond donors (Lipinski definition) is 2. The quantitative estimate of drug-likeness (QED) is 0.877. The lowest BCUT2D eigenvalue weighted by atomic mass is 10.1. The Bertz CT molecular complexity index is 676. The Morgan fingerprint density at radius 2 is 2.00 bits per heavy atom. The van der Waals surface area contributed by atoms with Gasteiger partial charge in [-0.3, -0.25) is 4.79 Å². The minimum Gasteiger partial charge on any atom is -0.349 e. The van der Waals surface area contributed by atoms with E-state index in [1.54, 1.807) is 0 Å². The van der Waals surface area contributed by atoms with Gasteiger partial charge in [0.15, 0.2) is 0 Å². The topological polar surface area (TPSA) is 89.3 Å². The van der Waals surface area contributed by atoms with Crippen LogP contribution in [0, 0.1) is 5.92 Å². The zero-order valence-electron chi connectivity index (χ0n) is 11.4. The van der Waals surface area contributed by atoms with Gasteiger partial charge in [0, 0.05) is 6.04 Å². The van der Waals surface area contributed by atoms with Gasteiger partial charge in [-0.15, -0.1) is 0 Å². The Balaban J connectivity index is 2.32. The highest BCUT2D eigenvalue weighted by atomic mass is 35.5. The minimum absolute atomic E-state index is 0.0515. The van der Waals surface area contributed by atoms with Crippen molar-refractivity contribution in [2.45, 2.75) is 37.1 Å². The van der Waals surface area contributed by atoms with E-state index in [9.17, 15) is 13.2 Å². The first-order valence-electron chi connectivity index (χ1n) is 6.51. The molecule has 0 saturated heterocycles. The zero-order chi connectivity index (χ0) is 15.8. The van der Waals surface area contributed by atoms with Crippen molar-refractivity contribution in [1.29, 1.82) is 0 Å². The largest absolute Gasteiger partial charge is 0.349 e. The Kier molecular flexibility index (Phi) is 4.82. The summed E-state index contributed by atoms with van der Waals surface area (Å²) in [6.45, 7) is 2.12. The Hall–Kier alpha value is -0.820. The minimum atomic E-state index is -4.01. The van der Waals surface area contributed by atoms with Crippen molar-refractivity contribution in [2.24, 2.45) is 11.1 Å². The number of primary sulfonamides is 1. The van der Waals surface area contributed by atoms with Gasteiger partial charge in [0.1, 0.15) is 4.90 Å². The molecule has 1 aromatic rings. The molecule has 0 aliphatic heterocycles. The van der Waals surface area contributed by atoms with Crippen LogP contribution in [0.25, 0.3) is 0 Å². The first-order valence-corrected chi connectivity index (χ1v) is 8.82. The molecular weight excluding hydrogens is 335 g/mol. The first-order chi connectivity index (χ1) is 9.70. The van der Waals surface area contributed by atoms with Crippen LogP contribution in [-0.4, -0.2) is 20.4 Å². The average molecular weight is 351 g/mol. The van der Waals surface area contributed by atoms with Gasteiger partial charge in [-0.25, -0.2) is 13.6 Å². The van der Waals surface area contributed by atoms with Crippen LogP contribution in [0.4, 0.5) is 0 Å². The molecule has 0 bridgehead atoms. The molecule has 3 N–H and O–H groups in total. The number of amides is 1. The van der Waals surface area contributed by atoms with Crippen LogP contribution in [0.1, 0.15) is 36.5 Å². The fraction of sp³-hybridized carbons (Fsp3) is 0.462. The summed E-state index contributed by atoms with van der Waals surface area (Å²) in [7, 11) is -4.01. The summed E-state index contributed by atoms with van der Waals surface area (Å²) in [5, 5.41) is 7.77. The maximum Gasteiger partial charge on any atom is 0.254 e. The second kappa shape index (κ2) is 6.12. The standard InChI is InChI=1S/C13H16Cl2N2O3S/c1-7-2-3-8(6-7)17-13(18)11-9(14)4-5-10(12(11)15)21(16,19)20/h4-5,7-8H,2-3,6H2,1H3,(H,17,18)(H2,16,19,20). The molecule has 1 fully saturated rings. The molecule has 1 saturated carbocycles. The normalized spacial score (nSPS) is 22.3. The number of rotatable bonds is 3. The number of carbonyl (C=O) groups excluding carboxylic acids is 1. The summed E-state index contributed by atoms with van der Waals surface area (Å²) >= 11 is 12.0. The second-order valence-electron chi connectivity index (χ2n) is 5.37. The summed E-state index contributed by atoms with van der Waals surface area (Å²) in [6.07, 6.45) is 2.82. The van der Waals surface area contributed by atoms with Crippen molar-refractivity contribution in [3.05, 3.63) is 27.7 Å². The van der Waals surface area contributed by atoms with Crippen LogP contribution in [0.3, 0.4) is 0 Å². The molecule has 1 aliphatic carbocycles. The number of halogens is 2. The van der Waals surface area contributed by atoms with Crippen molar-refractivity contribution in [2.75, 3.05) is 0 Å². The lowest BCUT2D eigenvalue weighted by molar-refractivity contribution is 0.0937. The van der Waals surface area contributed by atoms with E-state index < -0.39 is 15.9 Å². The van der Waals surface area contributed by atoms with Gasteiger partial charge in [-0.05, 0) is 37.3 Å². The third-order valence-corrected chi connectivity index (χ3v) is 5.39. The van der Waals surface area contributed by atoms with E-state index in [-0.39, 0.29) is 26.5 Å². The van der Waals surface area contributed by atoms with Crippen molar-refractivity contribution in [1.82, 2.24) is 5.32 Å². The molecule has 0 spiro atoms. The fourth-order valence-electron chi connectivity index (χ4n) is 2.56. The molecule has 1 aromatic carbocycles. The van der Waals surface area contributed by atoms with Crippen molar-refractivity contribution in [3.8, 4) is 0 Å². The first kappa shape index (κ1) is 16.5. The van der Waals surface area contributed by atoms with E-state index in [2.05, 4.69) is 12.2 Å². The van der Waals surface area contributed by atoms with Gasteiger partial charge in [-0.2, -0.15) is 0 Å². The molecule has 0 heterocycles. The molecule has 0 radical (unpaired) electrons. The number of nitrogens with two attached hydrogens (primary N) is 1. The predicted octanol–water partition coefficient (Wildman–Crippen LogP) is 2.56. The van der Waals surface area contributed by atoms with Gasteiger partial charge < -0.3 is 5.32 Å². The molecule has 2 rings (SSSR count). The van der Waals surface area contributed by atoms with Crippen LogP contribution < -0.4 is 10.5 Å². The highest BCUT2D eigenvalue weighted by Crippen LogP contribution is 2.31. The zero-order valence-corrected chi connectivity index (χ0v) is 13.7. The van der Waals surface area contributed by atoms with Crippen molar-refractivity contribution < 1.29 is 13.2 Å². The van der Waals surface area contributed by atoms with Crippen LogP contribution in [-0.2, 0) is 10.0 Å². The molecule has 1 aliphatic rings.